The Hall–Kier alpha value is -1.46. The van der Waals surface area contributed by atoms with E-state index in [1.165, 1.54) is 12.1 Å². The Morgan fingerprint density at radius 1 is 1.47 bits per heavy atom. The summed E-state index contributed by atoms with van der Waals surface area (Å²) < 4.78 is 13.3. The van der Waals surface area contributed by atoms with Crippen molar-refractivity contribution in [2.75, 3.05) is 0 Å². The quantitative estimate of drug-likeness (QED) is 0.737. The molecule has 1 aromatic carbocycles. The largest absolute Gasteiger partial charge is 0.478 e. The van der Waals surface area contributed by atoms with Gasteiger partial charge in [0, 0.05) is 12.6 Å². The Bertz CT molecular complexity index is 430. The summed E-state index contributed by atoms with van der Waals surface area (Å²) >= 11 is 0. The van der Waals surface area contributed by atoms with Crippen LogP contribution < -0.4 is 5.32 Å². The lowest BCUT2D eigenvalue weighted by atomic mass is 9.89. The third-order valence-corrected chi connectivity index (χ3v) is 2.97. The second-order valence-corrected chi connectivity index (χ2v) is 4.32. The minimum atomic E-state index is -1.26. The van der Waals surface area contributed by atoms with E-state index in [2.05, 4.69) is 5.32 Å². The number of nitrogens with one attached hydrogen (secondary N) is 1. The van der Waals surface area contributed by atoms with Gasteiger partial charge in [0.25, 0.3) is 0 Å². The maximum atomic E-state index is 13.3. The molecule has 0 aliphatic heterocycles. The number of hydrogen-bond acceptors (Lipinski definition) is 3. The van der Waals surface area contributed by atoms with E-state index in [0.29, 0.717) is 12.1 Å². The number of carboxylic acids is 1. The van der Waals surface area contributed by atoms with Crippen molar-refractivity contribution in [2.45, 2.75) is 31.5 Å². The third kappa shape index (κ3) is 2.81. The van der Waals surface area contributed by atoms with Crippen LogP contribution in [-0.2, 0) is 6.54 Å². The van der Waals surface area contributed by atoms with E-state index in [4.69, 9.17) is 10.2 Å². The van der Waals surface area contributed by atoms with Gasteiger partial charge in [-0.25, -0.2) is 9.18 Å². The molecule has 17 heavy (non-hydrogen) atoms. The molecule has 0 bridgehead atoms. The van der Waals surface area contributed by atoms with Crippen LogP contribution in [-0.4, -0.2) is 28.3 Å². The molecule has 92 valence electrons. The van der Waals surface area contributed by atoms with Crippen molar-refractivity contribution in [3.05, 3.63) is 35.1 Å². The molecule has 0 amide bonds. The SMILES string of the molecule is O=C(O)c1ccc(CNC2CC(O)C2)cc1F. The summed E-state index contributed by atoms with van der Waals surface area (Å²) in [5, 5.41) is 20.9. The molecule has 1 aromatic rings. The average molecular weight is 239 g/mol. The fourth-order valence-corrected chi connectivity index (χ4v) is 1.86. The van der Waals surface area contributed by atoms with Gasteiger partial charge >= 0.3 is 5.97 Å². The van der Waals surface area contributed by atoms with Gasteiger partial charge in [0.05, 0.1) is 11.7 Å². The fourth-order valence-electron chi connectivity index (χ4n) is 1.86. The van der Waals surface area contributed by atoms with Crippen LogP contribution in [0.25, 0.3) is 0 Å². The van der Waals surface area contributed by atoms with Gasteiger partial charge in [-0.1, -0.05) is 6.07 Å². The maximum absolute atomic E-state index is 13.3. The molecule has 1 aliphatic rings. The lowest BCUT2D eigenvalue weighted by Gasteiger charge is -2.32. The third-order valence-electron chi connectivity index (χ3n) is 2.97. The van der Waals surface area contributed by atoms with E-state index in [9.17, 15) is 9.18 Å². The van der Waals surface area contributed by atoms with Crippen LogP contribution in [0.3, 0.4) is 0 Å². The summed E-state index contributed by atoms with van der Waals surface area (Å²) in [6.07, 6.45) is 1.21. The smallest absolute Gasteiger partial charge is 0.338 e. The first kappa shape index (κ1) is 12.0. The van der Waals surface area contributed by atoms with Crippen molar-refractivity contribution in [2.24, 2.45) is 0 Å². The predicted octanol–water partition coefficient (Wildman–Crippen LogP) is 1.14. The number of halogens is 1. The molecule has 4 nitrogen and oxygen atoms in total. The number of aliphatic hydroxyl groups excluding tert-OH is 1. The second kappa shape index (κ2) is 4.81. The van der Waals surface area contributed by atoms with Crippen molar-refractivity contribution < 1.29 is 19.4 Å². The van der Waals surface area contributed by atoms with Gasteiger partial charge < -0.3 is 15.5 Å². The second-order valence-electron chi connectivity index (χ2n) is 4.32. The number of benzene rings is 1. The van der Waals surface area contributed by atoms with E-state index < -0.39 is 11.8 Å². The van der Waals surface area contributed by atoms with Gasteiger partial charge in [-0.05, 0) is 30.5 Å². The monoisotopic (exact) mass is 239 g/mol. The van der Waals surface area contributed by atoms with Crippen LogP contribution in [0.2, 0.25) is 0 Å². The van der Waals surface area contributed by atoms with Gasteiger partial charge in [-0.15, -0.1) is 0 Å². The van der Waals surface area contributed by atoms with Crippen molar-refractivity contribution >= 4 is 5.97 Å². The average Bonchev–Trinajstić information content (AvgIpc) is 2.22. The molecule has 0 spiro atoms. The standard InChI is InChI=1S/C12H14FNO3/c13-11-3-7(1-2-10(11)12(16)17)6-14-8-4-9(15)5-8/h1-3,8-9,14-15H,4-6H2,(H,16,17). The highest BCUT2D eigenvalue weighted by atomic mass is 19.1. The first-order valence-corrected chi connectivity index (χ1v) is 5.49. The number of carbonyl (C=O) groups is 1. The first-order chi connectivity index (χ1) is 8.06. The molecule has 0 unspecified atom stereocenters. The van der Waals surface area contributed by atoms with Gasteiger partial charge in [0.1, 0.15) is 5.82 Å². The molecule has 0 saturated heterocycles. The Morgan fingerprint density at radius 2 is 2.18 bits per heavy atom. The van der Waals surface area contributed by atoms with Gasteiger partial charge in [-0.2, -0.15) is 0 Å². The molecule has 0 atom stereocenters. The summed E-state index contributed by atoms with van der Waals surface area (Å²) in [4.78, 5) is 10.6. The lowest BCUT2D eigenvalue weighted by Crippen LogP contribution is -2.43. The van der Waals surface area contributed by atoms with Crippen LogP contribution in [0.5, 0.6) is 0 Å². The highest BCUT2D eigenvalue weighted by Gasteiger charge is 2.26. The van der Waals surface area contributed by atoms with Crippen molar-refractivity contribution in [1.82, 2.24) is 5.32 Å². The van der Waals surface area contributed by atoms with E-state index in [1.54, 1.807) is 6.07 Å². The zero-order chi connectivity index (χ0) is 12.4. The minimum absolute atomic E-state index is 0.223. The molecule has 0 radical (unpaired) electrons. The van der Waals surface area contributed by atoms with Gasteiger partial charge in [0.15, 0.2) is 0 Å². The van der Waals surface area contributed by atoms with Crippen LogP contribution in [0.4, 0.5) is 4.39 Å². The molecule has 2 rings (SSSR count). The van der Waals surface area contributed by atoms with Crippen LogP contribution >= 0.6 is 0 Å². The molecule has 0 aromatic heterocycles. The number of rotatable bonds is 4. The van der Waals surface area contributed by atoms with E-state index >= 15 is 0 Å². The zero-order valence-corrected chi connectivity index (χ0v) is 9.19. The van der Waals surface area contributed by atoms with Crippen LogP contribution in [0.15, 0.2) is 18.2 Å². The number of hydrogen-bond donors (Lipinski definition) is 3. The molecule has 1 aliphatic carbocycles. The molecular formula is C12H14FNO3. The molecule has 5 heteroatoms. The topological polar surface area (TPSA) is 69.6 Å². The molecule has 3 N–H and O–H groups in total. The Morgan fingerprint density at radius 3 is 2.71 bits per heavy atom. The predicted molar refractivity (Wildman–Crippen MR) is 59.2 cm³/mol. The summed E-state index contributed by atoms with van der Waals surface area (Å²) in [7, 11) is 0. The number of aliphatic hydroxyl groups is 1. The fraction of sp³-hybridized carbons (Fsp3) is 0.417. The van der Waals surface area contributed by atoms with E-state index in [0.717, 1.165) is 12.8 Å². The summed E-state index contributed by atoms with van der Waals surface area (Å²) in [6, 6.07) is 4.36. The van der Waals surface area contributed by atoms with E-state index in [1.807, 2.05) is 0 Å². The first-order valence-electron chi connectivity index (χ1n) is 5.49. The Labute approximate surface area is 98.1 Å². The molecular weight excluding hydrogens is 225 g/mol. The number of carboxylic acid groups (broad SMARTS) is 1. The van der Waals surface area contributed by atoms with Crippen LogP contribution in [0, 0.1) is 5.82 Å². The van der Waals surface area contributed by atoms with Crippen molar-refractivity contribution in [3.63, 3.8) is 0 Å². The van der Waals surface area contributed by atoms with Crippen molar-refractivity contribution in [3.8, 4) is 0 Å². The minimum Gasteiger partial charge on any atom is -0.478 e. The van der Waals surface area contributed by atoms with Crippen molar-refractivity contribution in [1.29, 1.82) is 0 Å². The van der Waals surface area contributed by atoms with Gasteiger partial charge in [-0.3, -0.25) is 0 Å². The van der Waals surface area contributed by atoms with Crippen LogP contribution in [0.1, 0.15) is 28.8 Å². The zero-order valence-electron chi connectivity index (χ0n) is 9.19. The summed E-state index contributed by atoms with van der Waals surface area (Å²) in [6.45, 7) is 0.480. The highest BCUT2D eigenvalue weighted by molar-refractivity contribution is 5.87. The highest BCUT2D eigenvalue weighted by Crippen LogP contribution is 2.20. The lowest BCUT2D eigenvalue weighted by molar-refractivity contribution is 0.0618. The summed E-state index contributed by atoms with van der Waals surface area (Å²) in [5.41, 5.74) is 0.390. The Kier molecular flexibility index (Phi) is 3.40. The summed E-state index contributed by atoms with van der Waals surface area (Å²) in [5.74, 6) is -1.98. The molecule has 0 heterocycles. The maximum Gasteiger partial charge on any atom is 0.338 e. The van der Waals surface area contributed by atoms with Gasteiger partial charge in [0.2, 0.25) is 0 Å². The van der Waals surface area contributed by atoms with E-state index in [-0.39, 0.29) is 17.7 Å². The molecule has 1 saturated carbocycles. The normalized spacial score (nSPS) is 23.2. The Balaban J connectivity index is 1.93. The molecule has 1 fully saturated rings. The number of aromatic carboxylic acids is 1.